The molecule has 0 rings (SSSR count). The highest BCUT2D eigenvalue weighted by atomic mass is 16.2. The maximum absolute atomic E-state index is 11.8. The second kappa shape index (κ2) is 8.06. The molecule has 0 heterocycles. The summed E-state index contributed by atoms with van der Waals surface area (Å²) in [7, 11) is 1.58. The Hall–Kier alpha value is -1.10. The van der Waals surface area contributed by atoms with Crippen molar-refractivity contribution < 1.29 is 9.59 Å². The number of amides is 2. The molecular weight excluding hydrogens is 218 g/mol. The maximum Gasteiger partial charge on any atom is 0.237 e. The first kappa shape index (κ1) is 15.9. The van der Waals surface area contributed by atoms with E-state index >= 15 is 0 Å². The number of hydrogen-bond acceptors (Lipinski definition) is 3. The number of carbonyl (C=O) groups is 2. The van der Waals surface area contributed by atoms with Gasteiger partial charge in [0.25, 0.3) is 0 Å². The summed E-state index contributed by atoms with van der Waals surface area (Å²) in [6.45, 7) is 7.56. The van der Waals surface area contributed by atoms with Gasteiger partial charge in [-0.15, -0.1) is 0 Å². The average molecular weight is 243 g/mol. The lowest BCUT2D eigenvalue weighted by atomic mass is 10.1. The van der Waals surface area contributed by atoms with Crippen LogP contribution in [0.1, 0.15) is 40.5 Å². The number of carbonyl (C=O) groups excluding carboxylic acids is 2. The fourth-order valence-corrected chi connectivity index (χ4v) is 1.62. The number of hydrogen-bond donors (Lipinski definition) is 3. The molecule has 0 aliphatic rings. The molecule has 0 aliphatic heterocycles. The molecule has 0 radical (unpaired) electrons. The van der Waals surface area contributed by atoms with Crippen LogP contribution in [-0.4, -0.2) is 37.0 Å². The Morgan fingerprint density at radius 2 is 1.59 bits per heavy atom. The molecule has 0 aromatic carbocycles. The third-order valence-corrected chi connectivity index (χ3v) is 2.64. The molecule has 5 heteroatoms. The van der Waals surface area contributed by atoms with Gasteiger partial charge in [-0.2, -0.15) is 0 Å². The van der Waals surface area contributed by atoms with Gasteiger partial charge in [0.1, 0.15) is 0 Å². The van der Waals surface area contributed by atoms with E-state index in [-0.39, 0.29) is 29.9 Å². The predicted molar refractivity (Wildman–Crippen MR) is 68.6 cm³/mol. The zero-order valence-corrected chi connectivity index (χ0v) is 11.5. The first-order chi connectivity index (χ1) is 7.92. The van der Waals surface area contributed by atoms with Crippen molar-refractivity contribution in [3.63, 3.8) is 0 Å². The van der Waals surface area contributed by atoms with Crippen molar-refractivity contribution in [1.82, 2.24) is 16.0 Å². The molecule has 0 saturated heterocycles. The van der Waals surface area contributed by atoms with E-state index in [1.54, 1.807) is 20.9 Å². The van der Waals surface area contributed by atoms with Gasteiger partial charge in [-0.25, -0.2) is 0 Å². The minimum absolute atomic E-state index is 0.0679. The Bertz CT molecular complexity index is 256. The Kier molecular flexibility index (Phi) is 7.54. The van der Waals surface area contributed by atoms with Gasteiger partial charge in [0.2, 0.25) is 11.8 Å². The highest BCUT2D eigenvalue weighted by Gasteiger charge is 2.19. The summed E-state index contributed by atoms with van der Waals surface area (Å²) in [5.41, 5.74) is 0. The Labute approximate surface area is 104 Å². The zero-order valence-electron chi connectivity index (χ0n) is 11.5. The first-order valence-electron chi connectivity index (χ1n) is 6.20. The summed E-state index contributed by atoms with van der Waals surface area (Å²) >= 11 is 0. The molecular formula is C12H25N3O2. The van der Waals surface area contributed by atoms with E-state index in [0.717, 1.165) is 12.8 Å². The topological polar surface area (TPSA) is 70.2 Å². The molecule has 17 heavy (non-hydrogen) atoms. The smallest absolute Gasteiger partial charge is 0.237 e. The van der Waals surface area contributed by atoms with Gasteiger partial charge in [-0.1, -0.05) is 13.3 Å². The third-order valence-electron chi connectivity index (χ3n) is 2.64. The Morgan fingerprint density at radius 1 is 1.06 bits per heavy atom. The summed E-state index contributed by atoms with van der Waals surface area (Å²) in [6.07, 6.45) is 2.00. The lowest BCUT2D eigenvalue weighted by Crippen LogP contribution is -2.51. The van der Waals surface area contributed by atoms with Crippen molar-refractivity contribution in [3.8, 4) is 0 Å². The molecule has 3 unspecified atom stereocenters. The first-order valence-corrected chi connectivity index (χ1v) is 6.20. The third kappa shape index (κ3) is 6.26. The van der Waals surface area contributed by atoms with E-state index in [1.165, 1.54) is 0 Å². The molecule has 0 aliphatic carbocycles. The lowest BCUT2D eigenvalue weighted by molar-refractivity contribution is -0.125. The van der Waals surface area contributed by atoms with Crippen LogP contribution < -0.4 is 16.0 Å². The van der Waals surface area contributed by atoms with Crippen molar-refractivity contribution in [2.45, 2.75) is 58.7 Å². The lowest BCUT2D eigenvalue weighted by Gasteiger charge is -2.20. The van der Waals surface area contributed by atoms with Crippen molar-refractivity contribution in [2.24, 2.45) is 0 Å². The van der Waals surface area contributed by atoms with E-state index in [0.29, 0.717) is 0 Å². The van der Waals surface area contributed by atoms with E-state index in [4.69, 9.17) is 0 Å². The minimum atomic E-state index is -0.374. The summed E-state index contributed by atoms with van der Waals surface area (Å²) in [6, 6.07) is -0.573. The molecule has 0 fully saturated rings. The van der Waals surface area contributed by atoms with Crippen LogP contribution in [0, 0.1) is 0 Å². The SMILES string of the molecule is CCCC(C)NC(=O)C(C)NC(C)C(=O)NC. The largest absolute Gasteiger partial charge is 0.358 e. The van der Waals surface area contributed by atoms with Gasteiger partial charge in [0.15, 0.2) is 0 Å². The van der Waals surface area contributed by atoms with Crippen LogP contribution >= 0.6 is 0 Å². The van der Waals surface area contributed by atoms with Gasteiger partial charge in [0.05, 0.1) is 12.1 Å². The predicted octanol–water partition coefficient (Wildman–Crippen LogP) is 0.404. The molecule has 0 saturated carbocycles. The van der Waals surface area contributed by atoms with Crippen molar-refractivity contribution >= 4 is 11.8 Å². The van der Waals surface area contributed by atoms with Crippen LogP contribution in [0.2, 0.25) is 0 Å². The van der Waals surface area contributed by atoms with E-state index in [9.17, 15) is 9.59 Å². The summed E-state index contributed by atoms with van der Waals surface area (Å²) in [5.74, 6) is -0.187. The van der Waals surface area contributed by atoms with Gasteiger partial charge in [-0.05, 0) is 27.2 Å². The second-order valence-electron chi connectivity index (χ2n) is 4.42. The van der Waals surface area contributed by atoms with E-state index in [1.807, 2.05) is 6.92 Å². The van der Waals surface area contributed by atoms with Crippen LogP contribution in [0.5, 0.6) is 0 Å². The standard InChI is InChI=1S/C12H25N3O2/c1-6-7-8(2)14-12(17)10(4)15-9(3)11(16)13-5/h8-10,15H,6-7H2,1-5H3,(H,13,16)(H,14,17). The van der Waals surface area contributed by atoms with Crippen LogP contribution in [0.15, 0.2) is 0 Å². The van der Waals surface area contributed by atoms with Crippen molar-refractivity contribution in [2.75, 3.05) is 7.05 Å². The van der Waals surface area contributed by atoms with Crippen LogP contribution in [0.3, 0.4) is 0 Å². The Balaban J connectivity index is 4.09. The van der Waals surface area contributed by atoms with Gasteiger partial charge in [-0.3, -0.25) is 14.9 Å². The molecule has 0 spiro atoms. The molecule has 5 nitrogen and oxygen atoms in total. The minimum Gasteiger partial charge on any atom is -0.358 e. The van der Waals surface area contributed by atoms with Gasteiger partial charge < -0.3 is 10.6 Å². The van der Waals surface area contributed by atoms with Crippen LogP contribution in [-0.2, 0) is 9.59 Å². The average Bonchev–Trinajstić information content (AvgIpc) is 2.27. The van der Waals surface area contributed by atoms with E-state index < -0.39 is 0 Å². The van der Waals surface area contributed by atoms with Gasteiger partial charge >= 0.3 is 0 Å². The van der Waals surface area contributed by atoms with Crippen LogP contribution in [0.25, 0.3) is 0 Å². The van der Waals surface area contributed by atoms with Gasteiger partial charge in [0, 0.05) is 13.1 Å². The molecule has 0 aromatic rings. The van der Waals surface area contributed by atoms with Crippen LogP contribution in [0.4, 0.5) is 0 Å². The highest BCUT2D eigenvalue weighted by molar-refractivity contribution is 5.84. The molecule has 0 aromatic heterocycles. The fraction of sp³-hybridized carbons (Fsp3) is 0.833. The molecule has 2 amide bonds. The zero-order chi connectivity index (χ0) is 13.4. The number of likely N-dealkylation sites (N-methyl/N-ethyl adjacent to an activating group) is 1. The quantitative estimate of drug-likeness (QED) is 0.606. The fourth-order valence-electron chi connectivity index (χ4n) is 1.62. The van der Waals surface area contributed by atoms with Crippen molar-refractivity contribution in [1.29, 1.82) is 0 Å². The summed E-state index contributed by atoms with van der Waals surface area (Å²) in [4.78, 5) is 23.1. The molecule has 100 valence electrons. The maximum atomic E-state index is 11.8. The number of nitrogens with one attached hydrogen (secondary N) is 3. The normalized spacial score (nSPS) is 15.8. The highest BCUT2D eigenvalue weighted by Crippen LogP contribution is 1.96. The summed E-state index contributed by atoms with van der Waals surface area (Å²) in [5, 5.41) is 8.40. The number of rotatable bonds is 7. The van der Waals surface area contributed by atoms with E-state index in [2.05, 4.69) is 22.9 Å². The van der Waals surface area contributed by atoms with Crippen molar-refractivity contribution in [3.05, 3.63) is 0 Å². The second-order valence-corrected chi connectivity index (χ2v) is 4.42. The monoisotopic (exact) mass is 243 g/mol. The Morgan fingerprint density at radius 3 is 2.06 bits per heavy atom. The molecule has 0 bridgehead atoms. The molecule has 3 atom stereocenters. The molecule has 3 N–H and O–H groups in total. The summed E-state index contributed by atoms with van der Waals surface area (Å²) < 4.78 is 0.